The fourth-order valence-electron chi connectivity index (χ4n) is 2.69. The lowest BCUT2D eigenvalue weighted by Gasteiger charge is -2.29. The van der Waals surface area contributed by atoms with Gasteiger partial charge in [-0.15, -0.1) is 0 Å². The van der Waals surface area contributed by atoms with Gasteiger partial charge in [-0.05, 0) is 18.6 Å². The monoisotopic (exact) mass is 257 g/mol. The molecular weight excluding hydrogens is 238 g/mol. The van der Waals surface area contributed by atoms with E-state index in [2.05, 4.69) is 40.3 Å². The molecule has 0 spiro atoms. The molecule has 0 bridgehead atoms. The molecule has 1 N–H and O–H groups in total. The van der Waals surface area contributed by atoms with Crippen LogP contribution in [0.3, 0.4) is 0 Å². The number of anilines is 2. The lowest BCUT2D eigenvalue weighted by molar-refractivity contribution is 0.122. The molecule has 0 aliphatic carbocycles. The highest BCUT2D eigenvalue weighted by Gasteiger charge is 2.16. The number of pyridine rings is 1. The maximum absolute atomic E-state index is 5.42. The Labute approximate surface area is 113 Å². The number of rotatable bonds is 2. The highest BCUT2D eigenvalue weighted by molar-refractivity contribution is 6.02. The summed E-state index contributed by atoms with van der Waals surface area (Å²) in [5, 5.41) is 5.75. The standard InChI is InChI=1S/C15H19N3O/c1-11-10-17-15(18-6-8-19-9-7-18)12-4-3-5-13(16-2)14(11)12/h3-5,10,16H,6-9H2,1-2H3. The summed E-state index contributed by atoms with van der Waals surface area (Å²) >= 11 is 0. The van der Waals surface area contributed by atoms with Gasteiger partial charge in [0, 0.05) is 42.8 Å². The molecule has 1 aliphatic heterocycles. The third-order valence-corrected chi connectivity index (χ3v) is 3.66. The molecule has 2 aromatic rings. The largest absolute Gasteiger partial charge is 0.388 e. The zero-order chi connectivity index (χ0) is 13.2. The van der Waals surface area contributed by atoms with Crippen LogP contribution in [0.1, 0.15) is 5.56 Å². The van der Waals surface area contributed by atoms with Gasteiger partial charge in [0.25, 0.3) is 0 Å². The van der Waals surface area contributed by atoms with Crippen molar-refractivity contribution in [2.24, 2.45) is 0 Å². The van der Waals surface area contributed by atoms with Crippen LogP contribution in [0.25, 0.3) is 10.8 Å². The second-order valence-corrected chi connectivity index (χ2v) is 4.84. The molecule has 0 saturated carbocycles. The van der Waals surface area contributed by atoms with Crippen LogP contribution in [0.4, 0.5) is 11.5 Å². The van der Waals surface area contributed by atoms with E-state index in [9.17, 15) is 0 Å². The molecule has 0 atom stereocenters. The van der Waals surface area contributed by atoms with Gasteiger partial charge in [0.05, 0.1) is 13.2 Å². The summed E-state index contributed by atoms with van der Waals surface area (Å²) in [6.45, 7) is 5.49. The van der Waals surface area contributed by atoms with Gasteiger partial charge in [-0.3, -0.25) is 0 Å². The van der Waals surface area contributed by atoms with Crippen LogP contribution >= 0.6 is 0 Å². The average molecular weight is 257 g/mol. The SMILES string of the molecule is CNc1cccc2c(N3CCOCC3)ncc(C)c12. The van der Waals surface area contributed by atoms with Gasteiger partial charge >= 0.3 is 0 Å². The molecule has 4 heteroatoms. The molecular formula is C15H19N3O. The van der Waals surface area contributed by atoms with Crippen LogP contribution in [0.15, 0.2) is 24.4 Å². The quantitative estimate of drug-likeness (QED) is 0.896. The predicted molar refractivity (Wildman–Crippen MR) is 79.1 cm³/mol. The van der Waals surface area contributed by atoms with E-state index >= 15 is 0 Å². The number of hydrogen-bond acceptors (Lipinski definition) is 4. The number of hydrogen-bond donors (Lipinski definition) is 1. The van der Waals surface area contributed by atoms with E-state index in [1.54, 1.807) is 0 Å². The van der Waals surface area contributed by atoms with Crippen LogP contribution in [-0.4, -0.2) is 38.3 Å². The topological polar surface area (TPSA) is 37.4 Å². The normalized spacial score (nSPS) is 15.8. The van der Waals surface area contributed by atoms with Crippen molar-refractivity contribution in [1.29, 1.82) is 0 Å². The summed E-state index contributed by atoms with van der Waals surface area (Å²) in [6.07, 6.45) is 1.97. The Hall–Kier alpha value is -1.81. The minimum absolute atomic E-state index is 0.781. The molecule has 1 saturated heterocycles. The Bertz CT molecular complexity index is 591. The number of benzene rings is 1. The number of fused-ring (bicyclic) bond motifs is 1. The summed E-state index contributed by atoms with van der Waals surface area (Å²) < 4.78 is 5.42. The minimum atomic E-state index is 0.781. The van der Waals surface area contributed by atoms with Crippen molar-refractivity contribution in [1.82, 2.24) is 4.98 Å². The number of aryl methyl sites for hydroxylation is 1. The van der Waals surface area contributed by atoms with Crippen molar-refractivity contribution in [3.05, 3.63) is 30.0 Å². The Balaban J connectivity index is 2.17. The number of aromatic nitrogens is 1. The van der Waals surface area contributed by atoms with Gasteiger partial charge < -0.3 is 15.0 Å². The van der Waals surface area contributed by atoms with Crippen LogP contribution < -0.4 is 10.2 Å². The number of nitrogens with one attached hydrogen (secondary N) is 1. The Morgan fingerprint density at radius 3 is 2.79 bits per heavy atom. The first-order valence-corrected chi connectivity index (χ1v) is 6.70. The average Bonchev–Trinajstić information content (AvgIpc) is 2.48. The molecule has 3 rings (SSSR count). The van der Waals surface area contributed by atoms with Crippen LogP contribution in [-0.2, 0) is 4.74 Å². The van der Waals surface area contributed by atoms with E-state index in [4.69, 9.17) is 4.74 Å². The molecule has 1 aliphatic rings. The van der Waals surface area contributed by atoms with Gasteiger partial charge in [-0.1, -0.05) is 12.1 Å². The number of ether oxygens (including phenoxy) is 1. The third kappa shape index (κ3) is 2.12. The zero-order valence-electron chi connectivity index (χ0n) is 11.4. The summed E-state index contributed by atoms with van der Waals surface area (Å²) in [7, 11) is 1.96. The Morgan fingerprint density at radius 2 is 2.05 bits per heavy atom. The molecule has 19 heavy (non-hydrogen) atoms. The van der Waals surface area contributed by atoms with Gasteiger partial charge in [0.1, 0.15) is 5.82 Å². The van der Waals surface area contributed by atoms with Crippen molar-refractivity contribution in [2.75, 3.05) is 43.6 Å². The molecule has 0 radical (unpaired) electrons. The van der Waals surface area contributed by atoms with Crippen molar-refractivity contribution < 1.29 is 4.74 Å². The van der Waals surface area contributed by atoms with Crippen molar-refractivity contribution in [2.45, 2.75) is 6.92 Å². The van der Waals surface area contributed by atoms with E-state index in [1.807, 2.05) is 13.2 Å². The zero-order valence-corrected chi connectivity index (χ0v) is 11.4. The van der Waals surface area contributed by atoms with Crippen LogP contribution in [0.5, 0.6) is 0 Å². The van der Waals surface area contributed by atoms with Gasteiger partial charge in [-0.2, -0.15) is 0 Å². The van der Waals surface area contributed by atoms with E-state index < -0.39 is 0 Å². The summed E-state index contributed by atoms with van der Waals surface area (Å²) in [5.74, 6) is 1.07. The maximum atomic E-state index is 5.42. The number of morpholine rings is 1. The molecule has 1 aromatic heterocycles. The van der Waals surface area contributed by atoms with Gasteiger partial charge in [0.15, 0.2) is 0 Å². The highest BCUT2D eigenvalue weighted by Crippen LogP contribution is 2.32. The fourth-order valence-corrected chi connectivity index (χ4v) is 2.69. The third-order valence-electron chi connectivity index (χ3n) is 3.66. The fraction of sp³-hybridized carbons (Fsp3) is 0.400. The lowest BCUT2D eigenvalue weighted by atomic mass is 10.1. The second kappa shape index (κ2) is 5.05. The van der Waals surface area contributed by atoms with Gasteiger partial charge in [0.2, 0.25) is 0 Å². The molecule has 100 valence electrons. The molecule has 1 aromatic carbocycles. The van der Waals surface area contributed by atoms with Crippen molar-refractivity contribution in [3.8, 4) is 0 Å². The maximum Gasteiger partial charge on any atom is 0.136 e. The first kappa shape index (κ1) is 12.2. The van der Waals surface area contributed by atoms with Crippen molar-refractivity contribution >= 4 is 22.3 Å². The molecule has 0 amide bonds. The first-order valence-electron chi connectivity index (χ1n) is 6.70. The number of nitrogens with zero attached hydrogens (tertiary/aromatic N) is 2. The van der Waals surface area contributed by atoms with Crippen molar-refractivity contribution in [3.63, 3.8) is 0 Å². The summed E-state index contributed by atoms with van der Waals surface area (Å²) in [5.41, 5.74) is 2.36. The first-order chi connectivity index (χ1) is 9.31. The molecule has 2 heterocycles. The Morgan fingerprint density at radius 1 is 1.26 bits per heavy atom. The molecule has 4 nitrogen and oxygen atoms in total. The van der Waals surface area contributed by atoms with Crippen LogP contribution in [0, 0.1) is 6.92 Å². The van der Waals surface area contributed by atoms with E-state index in [0.717, 1.165) is 37.8 Å². The smallest absolute Gasteiger partial charge is 0.136 e. The second-order valence-electron chi connectivity index (χ2n) is 4.84. The predicted octanol–water partition coefficient (Wildman–Crippen LogP) is 2.42. The molecule has 0 unspecified atom stereocenters. The van der Waals surface area contributed by atoms with Gasteiger partial charge in [-0.25, -0.2) is 4.98 Å². The minimum Gasteiger partial charge on any atom is -0.388 e. The Kier molecular flexibility index (Phi) is 3.25. The van der Waals surface area contributed by atoms with E-state index in [1.165, 1.54) is 16.3 Å². The van der Waals surface area contributed by atoms with E-state index in [-0.39, 0.29) is 0 Å². The summed E-state index contributed by atoms with van der Waals surface area (Å²) in [4.78, 5) is 6.96. The molecule has 1 fully saturated rings. The lowest BCUT2D eigenvalue weighted by Crippen LogP contribution is -2.36. The highest BCUT2D eigenvalue weighted by atomic mass is 16.5. The van der Waals surface area contributed by atoms with Crippen LogP contribution in [0.2, 0.25) is 0 Å². The summed E-state index contributed by atoms with van der Waals surface area (Å²) in [6, 6.07) is 6.35. The van der Waals surface area contributed by atoms with E-state index in [0.29, 0.717) is 0 Å².